The lowest BCUT2D eigenvalue weighted by Crippen LogP contribution is -2.36. The molecule has 0 aliphatic rings. The average Bonchev–Trinajstić information content (AvgIpc) is 3.02. The maximum Gasteiger partial charge on any atom is 0.272 e. The van der Waals surface area contributed by atoms with Gasteiger partial charge in [-0.25, -0.2) is 4.52 Å². The summed E-state index contributed by atoms with van der Waals surface area (Å²) in [7, 11) is 0. The first-order chi connectivity index (χ1) is 11.6. The van der Waals surface area contributed by atoms with E-state index >= 15 is 0 Å². The first kappa shape index (κ1) is 16.0. The van der Waals surface area contributed by atoms with E-state index in [-0.39, 0.29) is 18.1 Å². The van der Waals surface area contributed by atoms with Gasteiger partial charge in [-0.05, 0) is 35.9 Å². The van der Waals surface area contributed by atoms with E-state index in [0.717, 1.165) is 11.1 Å². The minimum absolute atomic E-state index is 0.118. The van der Waals surface area contributed by atoms with Gasteiger partial charge in [-0.15, -0.1) is 0 Å². The predicted octanol–water partition coefficient (Wildman–Crippen LogP) is 2.03. The quantitative estimate of drug-likeness (QED) is 0.745. The molecule has 0 saturated carbocycles. The van der Waals surface area contributed by atoms with Crippen molar-refractivity contribution in [2.45, 2.75) is 6.54 Å². The van der Waals surface area contributed by atoms with Gasteiger partial charge in [0, 0.05) is 17.8 Å². The zero-order valence-corrected chi connectivity index (χ0v) is 13.5. The van der Waals surface area contributed by atoms with Crippen molar-refractivity contribution in [3.8, 4) is 0 Å². The number of halogens is 1. The Morgan fingerprint density at radius 1 is 1.08 bits per heavy atom. The van der Waals surface area contributed by atoms with Crippen LogP contribution in [-0.2, 0) is 11.3 Å². The molecule has 0 aliphatic heterocycles. The number of rotatable bonds is 5. The van der Waals surface area contributed by atoms with Crippen LogP contribution in [0.2, 0.25) is 5.02 Å². The lowest BCUT2D eigenvalue weighted by Gasteiger charge is -2.06. The highest BCUT2D eigenvalue weighted by atomic mass is 35.5. The van der Waals surface area contributed by atoms with Crippen LogP contribution in [0.25, 0.3) is 5.52 Å². The van der Waals surface area contributed by atoms with Crippen molar-refractivity contribution in [2.75, 3.05) is 6.54 Å². The number of nitrogens with zero attached hydrogens (tertiary/aromatic N) is 2. The molecular weight excluding hydrogens is 328 g/mol. The highest BCUT2D eigenvalue weighted by Gasteiger charge is 2.11. The van der Waals surface area contributed by atoms with E-state index in [0.29, 0.717) is 11.6 Å². The van der Waals surface area contributed by atoms with Crippen LogP contribution < -0.4 is 10.6 Å². The van der Waals surface area contributed by atoms with Crippen LogP contribution in [0.1, 0.15) is 16.1 Å². The van der Waals surface area contributed by atoms with Crippen LogP contribution in [0, 0.1) is 0 Å². The molecule has 2 N–H and O–H groups in total. The second-order valence-electron chi connectivity index (χ2n) is 5.19. The van der Waals surface area contributed by atoms with Crippen LogP contribution >= 0.6 is 11.6 Å². The molecule has 0 spiro atoms. The number of aromatic nitrogens is 2. The van der Waals surface area contributed by atoms with E-state index in [1.165, 1.54) is 0 Å². The number of hydrogen-bond acceptors (Lipinski definition) is 3. The highest BCUT2D eigenvalue weighted by molar-refractivity contribution is 6.30. The standard InChI is InChI=1S/C17H15ClN4O2/c18-13-5-3-4-12(8-13)10-19-16(23)11-20-17(24)15-9-14-6-1-2-7-22(14)21-15/h1-9H,10-11H2,(H,19,23)(H,20,24). The monoisotopic (exact) mass is 342 g/mol. The zero-order chi connectivity index (χ0) is 16.9. The summed E-state index contributed by atoms with van der Waals surface area (Å²) in [4.78, 5) is 23.9. The lowest BCUT2D eigenvalue weighted by molar-refractivity contribution is -0.120. The molecule has 2 heterocycles. The Balaban J connectivity index is 1.51. The molecule has 24 heavy (non-hydrogen) atoms. The highest BCUT2D eigenvalue weighted by Crippen LogP contribution is 2.10. The van der Waals surface area contributed by atoms with Crippen molar-refractivity contribution in [2.24, 2.45) is 0 Å². The zero-order valence-electron chi connectivity index (χ0n) is 12.7. The van der Waals surface area contributed by atoms with Gasteiger partial charge in [0.05, 0.1) is 12.1 Å². The Morgan fingerprint density at radius 3 is 2.75 bits per heavy atom. The summed E-state index contributed by atoms with van der Waals surface area (Å²) in [6, 6.07) is 14.4. The molecule has 1 aromatic carbocycles. The van der Waals surface area contributed by atoms with Crippen molar-refractivity contribution in [1.29, 1.82) is 0 Å². The molecule has 2 aromatic heterocycles. The van der Waals surface area contributed by atoms with Crippen molar-refractivity contribution >= 4 is 28.9 Å². The van der Waals surface area contributed by atoms with Crippen molar-refractivity contribution in [1.82, 2.24) is 20.2 Å². The van der Waals surface area contributed by atoms with Crippen molar-refractivity contribution < 1.29 is 9.59 Å². The van der Waals surface area contributed by atoms with Gasteiger partial charge in [0.25, 0.3) is 5.91 Å². The second-order valence-corrected chi connectivity index (χ2v) is 5.63. The summed E-state index contributed by atoms with van der Waals surface area (Å²) in [5, 5.41) is 10.0. The molecule has 7 heteroatoms. The average molecular weight is 343 g/mol. The van der Waals surface area contributed by atoms with E-state index in [9.17, 15) is 9.59 Å². The summed E-state index contributed by atoms with van der Waals surface area (Å²) >= 11 is 5.89. The van der Waals surface area contributed by atoms with Gasteiger partial charge in [-0.2, -0.15) is 5.10 Å². The lowest BCUT2D eigenvalue weighted by atomic mass is 10.2. The van der Waals surface area contributed by atoms with Crippen LogP contribution in [0.15, 0.2) is 54.7 Å². The molecule has 3 aromatic rings. The summed E-state index contributed by atoms with van der Waals surface area (Å²) in [5.41, 5.74) is 1.97. The fourth-order valence-corrected chi connectivity index (χ4v) is 2.42. The maximum absolute atomic E-state index is 12.1. The number of hydrogen-bond donors (Lipinski definition) is 2. The number of carbonyl (C=O) groups is 2. The van der Waals surface area contributed by atoms with E-state index in [1.807, 2.05) is 30.3 Å². The van der Waals surface area contributed by atoms with Crippen LogP contribution in [0.4, 0.5) is 0 Å². The molecule has 0 saturated heterocycles. The first-order valence-electron chi connectivity index (χ1n) is 7.35. The molecule has 0 aliphatic carbocycles. The van der Waals surface area contributed by atoms with Gasteiger partial charge in [0.2, 0.25) is 5.91 Å². The normalized spacial score (nSPS) is 10.5. The first-order valence-corrected chi connectivity index (χ1v) is 7.73. The molecule has 0 unspecified atom stereocenters. The SMILES string of the molecule is O=C(CNC(=O)c1cc2ccccn2n1)NCc1cccc(Cl)c1. The minimum atomic E-state index is -0.392. The Bertz CT molecular complexity index is 858. The van der Waals surface area contributed by atoms with Crippen molar-refractivity contribution in [3.63, 3.8) is 0 Å². The number of amides is 2. The molecular formula is C17H15ClN4O2. The third-order valence-corrected chi connectivity index (χ3v) is 3.63. The third kappa shape index (κ3) is 3.91. The van der Waals surface area contributed by atoms with Crippen molar-refractivity contribution in [3.05, 3.63) is 71.0 Å². The largest absolute Gasteiger partial charge is 0.350 e. The minimum Gasteiger partial charge on any atom is -0.350 e. The fraction of sp³-hybridized carbons (Fsp3) is 0.118. The Kier molecular flexibility index (Phi) is 4.77. The number of carbonyl (C=O) groups excluding carboxylic acids is 2. The maximum atomic E-state index is 12.1. The molecule has 0 fully saturated rings. The summed E-state index contributed by atoms with van der Waals surface area (Å²) in [5.74, 6) is -0.677. The Hall–Kier alpha value is -2.86. The Labute approximate surface area is 143 Å². The van der Waals surface area contributed by atoms with Gasteiger partial charge in [0.1, 0.15) is 0 Å². The van der Waals surface area contributed by atoms with Gasteiger partial charge >= 0.3 is 0 Å². The van der Waals surface area contributed by atoms with Gasteiger partial charge < -0.3 is 10.6 Å². The van der Waals surface area contributed by atoms with Crippen LogP contribution in [-0.4, -0.2) is 28.0 Å². The number of nitrogens with one attached hydrogen (secondary N) is 2. The molecule has 122 valence electrons. The molecule has 6 nitrogen and oxygen atoms in total. The summed E-state index contributed by atoms with van der Waals surface area (Å²) in [6.07, 6.45) is 1.75. The fourth-order valence-electron chi connectivity index (χ4n) is 2.21. The topological polar surface area (TPSA) is 75.5 Å². The van der Waals surface area contributed by atoms with Gasteiger partial charge in [0.15, 0.2) is 5.69 Å². The van der Waals surface area contributed by atoms with Gasteiger partial charge in [-0.3, -0.25) is 9.59 Å². The molecule has 2 amide bonds. The number of pyridine rings is 1. The molecule has 0 radical (unpaired) electrons. The third-order valence-electron chi connectivity index (χ3n) is 3.39. The van der Waals surface area contributed by atoms with Gasteiger partial charge in [-0.1, -0.05) is 29.8 Å². The molecule has 3 rings (SSSR count). The van der Waals surface area contributed by atoms with E-state index in [1.54, 1.807) is 28.9 Å². The van der Waals surface area contributed by atoms with E-state index in [4.69, 9.17) is 11.6 Å². The second kappa shape index (κ2) is 7.14. The predicted molar refractivity (Wildman–Crippen MR) is 90.8 cm³/mol. The number of benzene rings is 1. The van der Waals surface area contributed by atoms with Crippen LogP contribution in [0.5, 0.6) is 0 Å². The summed E-state index contributed by atoms with van der Waals surface area (Å²) in [6.45, 7) is 0.233. The van der Waals surface area contributed by atoms with E-state index < -0.39 is 5.91 Å². The molecule has 0 bridgehead atoms. The Morgan fingerprint density at radius 2 is 1.96 bits per heavy atom. The summed E-state index contributed by atoms with van der Waals surface area (Å²) < 4.78 is 1.61. The smallest absolute Gasteiger partial charge is 0.272 e. The van der Waals surface area contributed by atoms with Crippen LogP contribution in [0.3, 0.4) is 0 Å². The number of fused-ring (bicyclic) bond motifs is 1. The van der Waals surface area contributed by atoms with E-state index in [2.05, 4.69) is 15.7 Å². The molecule has 0 atom stereocenters.